The molecule has 0 amide bonds. The molecule has 0 bridgehead atoms. The zero-order valence-corrected chi connectivity index (χ0v) is 10.3. The highest BCUT2D eigenvalue weighted by Crippen LogP contribution is 2.33. The van der Waals surface area contributed by atoms with Crippen LogP contribution in [0.3, 0.4) is 0 Å². The number of hydrogen-bond acceptors (Lipinski definition) is 2. The van der Waals surface area contributed by atoms with Gasteiger partial charge < -0.3 is 5.73 Å². The summed E-state index contributed by atoms with van der Waals surface area (Å²) in [6.07, 6.45) is 5.52. The third-order valence-corrected chi connectivity index (χ3v) is 4.55. The van der Waals surface area contributed by atoms with Crippen molar-refractivity contribution in [1.82, 2.24) is 4.90 Å². The molecule has 2 N–H and O–H groups in total. The molecule has 1 heterocycles. The first kappa shape index (κ1) is 11.4. The van der Waals surface area contributed by atoms with Crippen molar-refractivity contribution in [3.05, 3.63) is 0 Å². The van der Waals surface area contributed by atoms with E-state index < -0.39 is 0 Å². The van der Waals surface area contributed by atoms with Crippen LogP contribution in [0.4, 0.5) is 0 Å². The van der Waals surface area contributed by atoms with Gasteiger partial charge in [0.15, 0.2) is 0 Å². The molecule has 0 atom stereocenters. The molecule has 1 aliphatic heterocycles. The van der Waals surface area contributed by atoms with Crippen LogP contribution in [0.5, 0.6) is 0 Å². The van der Waals surface area contributed by atoms with Crippen LogP contribution >= 0.6 is 0 Å². The summed E-state index contributed by atoms with van der Waals surface area (Å²) in [5, 5.41) is 0. The maximum atomic E-state index is 5.72. The maximum Gasteiger partial charge on any atom is 0.00957 e. The topological polar surface area (TPSA) is 29.3 Å². The van der Waals surface area contributed by atoms with E-state index in [1.54, 1.807) is 0 Å². The van der Waals surface area contributed by atoms with E-state index in [0.717, 1.165) is 30.3 Å². The van der Waals surface area contributed by atoms with Crippen LogP contribution in [-0.4, -0.2) is 30.6 Å². The lowest BCUT2D eigenvalue weighted by Gasteiger charge is -2.48. The van der Waals surface area contributed by atoms with E-state index in [0.29, 0.717) is 0 Å². The van der Waals surface area contributed by atoms with Gasteiger partial charge in [0.25, 0.3) is 0 Å². The first-order chi connectivity index (χ1) is 7.20. The van der Waals surface area contributed by atoms with Gasteiger partial charge in [-0.15, -0.1) is 0 Å². The second-order valence-electron chi connectivity index (χ2n) is 5.87. The van der Waals surface area contributed by atoms with Crippen LogP contribution in [-0.2, 0) is 0 Å². The predicted molar refractivity (Wildman–Crippen MR) is 64.7 cm³/mol. The third-order valence-electron chi connectivity index (χ3n) is 4.55. The Kier molecular flexibility index (Phi) is 3.68. The SMILES string of the molecule is CC(C)C1CN(C2CCC(CN)CC2)C1. The van der Waals surface area contributed by atoms with Gasteiger partial charge in [0.2, 0.25) is 0 Å². The molecule has 0 unspecified atom stereocenters. The normalized spacial score (nSPS) is 34.4. The van der Waals surface area contributed by atoms with E-state index in [4.69, 9.17) is 5.73 Å². The lowest BCUT2D eigenvalue weighted by Crippen LogP contribution is -2.54. The maximum absolute atomic E-state index is 5.72. The Labute approximate surface area is 94.2 Å². The molecule has 0 radical (unpaired) electrons. The average Bonchev–Trinajstić information content (AvgIpc) is 2.16. The van der Waals surface area contributed by atoms with Gasteiger partial charge in [-0.25, -0.2) is 0 Å². The van der Waals surface area contributed by atoms with Gasteiger partial charge in [-0.3, -0.25) is 4.90 Å². The number of hydrogen-bond donors (Lipinski definition) is 1. The smallest absolute Gasteiger partial charge is 0.00957 e. The number of rotatable bonds is 3. The summed E-state index contributed by atoms with van der Waals surface area (Å²) >= 11 is 0. The molecular formula is C13H26N2. The Balaban J connectivity index is 1.70. The summed E-state index contributed by atoms with van der Waals surface area (Å²) in [5.74, 6) is 2.67. The Morgan fingerprint density at radius 1 is 1.13 bits per heavy atom. The monoisotopic (exact) mass is 210 g/mol. The molecule has 0 aromatic rings. The molecule has 2 heteroatoms. The van der Waals surface area contributed by atoms with Crippen LogP contribution in [0.15, 0.2) is 0 Å². The van der Waals surface area contributed by atoms with Crippen molar-refractivity contribution >= 4 is 0 Å². The van der Waals surface area contributed by atoms with E-state index >= 15 is 0 Å². The van der Waals surface area contributed by atoms with Crippen molar-refractivity contribution in [2.24, 2.45) is 23.5 Å². The summed E-state index contributed by atoms with van der Waals surface area (Å²) in [6, 6.07) is 0.891. The second kappa shape index (κ2) is 4.84. The third kappa shape index (κ3) is 2.54. The van der Waals surface area contributed by atoms with Crippen molar-refractivity contribution < 1.29 is 0 Å². The van der Waals surface area contributed by atoms with Gasteiger partial charge in [-0.2, -0.15) is 0 Å². The molecule has 0 spiro atoms. The molecule has 1 aliphatic carbocycles. The molecule has 15 heavy (non-hydrogen) atoms. The lowest BCUT2D eigenvalue weighted by molar-refractivity contribution is 0.00819. The Morgan fingerprint density at radius 3 is 2.20 bits per heavy atom. The highest BCUT2D eigenvalue weighted by atomic mass is 15.2. The standard InChI is InChI=1S/C13H26N2/c1-10(2)12-8-15(9-12)13-5-3-11(7-14)4-6-13/h10-13H,3-9,14H2,1-2H3. The van der Waals surface area contributed by atoms with Gasteiger partial charge in [-0.05, 0) is 50.0 Å². The molecule has 2 rings (SSSR count). The summed E-state index contributed by atoms with van der Waals surface area (Å²) in [5.41, 5.74) is 5.72. The molecule has 1 saturated heterocycles. The Hall–Kier alpha value is -0.0800. The minimum atomic E-state index is 0.823. The molecular weight excluding hydrogens is 184 g/mol. The Morgan fingerprint density at radius 2 is 1.73 bits per heavy atom. The summed E-state index contributed by atoms with van der Waals surface area (Å²) < 4.78 is 0. The van der Waals surface area contributed by atoms with Crippen LogP contribution in [0, 0.1) is 17.8 Å². The van der Waals surface area contributed by atoms with Crippen molar-refractivity contribution in [3.63, 3.8) is 0 Å². The molecule has 2 fully saturated rings. The van der Waals surface area contributed by atoms with E-state index in [1.807, 2.05) is 0 Å². The van der Waals surface area contributed by atoms with Gasteiger partial charge in [0.05, 0.1) is 0 Å². The van der Waals surface area contributed by atoms with Crippen molar-refractivity contribution in [3.8, 4) is 0 Å². The van der Waals surface area contributed by atoms with Gasteiger partial charge in [-0.1, -0.05) is 13.8 Å². The zero-order chi connectivity index (χ0) is 10.8. The fraction of sp³-hybridized carbons (Fsp3) is 1.00. The summed E-state index contributed by atoms with van der Waals surface area (Å²) in [6.45, 7) is 8.33. The van der Waals surface area contributed by atoms with E-state index in [1.165, 1.54) is 38.8 Å². The van der Waals surface area contributed by atoms with Crippen molar-refractivity contribution in [1.29, 1.82) is 0 Å². The van der Waals surface area contributed by atoms with E-state index in [-0.39, 0.29) is 0 Å². The van der Waals surface area contributed by atoms with Crippen molar-refractivity contribution in [2.45, 2.75) is 45.6 Å². The summed E-state index contributed by atoms with van der Waals surface area (Å²) in [7, 11) is 0. The minimum absolute atomic E-state index is 0.823. The molecule has 0 aromatic carbocycles. The van der Waals surface area contributed by atoms with Crippen LogP contribution in [0.25, 0.3) is 0 Å². The highest BCUT2D eigenvalue weighted by molar-refractivity contribution is 4.89. The largest absolute Gasteiger partial charge is 0.330 e. The lowest BCUT2D eigenvalue weighted by atomic mass is 9.81. The van der Waals surface area contributed by atoms with Crippen LogP contribution in [0.1, 0.15) is 39.5 Å². The van der Waals surface area contributed by atoms with Crippen molar-refractivity contribution in [2.75, 3.05) is 19.6 Å². The van der Waals surface area contributed by atoms with Crippen LogP contribution < -0.4 is 5.73 Å². The first-order valence-electron chi connectivity index (χ1n) is 6.64. The van der Waals surface area contributed by atoms with Gasteiger partial charge >= 0.3 is 0 Å². The van der Waals surface area contributed by atoms with E-state index in [9.17, 15) is 0 Å². The van der Waals surface area contributed by atoms with E-state index in [2.05, 4.69) is 18.7 Å². The number of nitrogens with zero attached hydrogens (tertiary/aromatic N) is 1. The van der Waals surface area contributed by atoms with Gasteiger partial charge in [0.1, 0.15) is 0 Å². The second-order valence-corrected chi connectivity index (χ2v) is 5.87. The minimum Gasteiger partial charge on any atom is -0.330 e. The molecule has 1 saturated carbocycles. The molecule has 88 valence electrons. The number of likely N-dealkylation sites (tertiary alicyclic amines) is 1. The zero-order valence-electron chi connectivity index (χ0n) is 10.3. The predicted octanol–water partition coefficient (Wildman–Crippen LogP) is 2.09. The first-order valence-corrected chi connectivity index (χ1v) is 6.64. The molecule has 2 aliphatic rings. The fourth-order valence-corrected chi connectivity index (χ4v) is 3.01. The van der Waals surface area contributed by atoms with Crippen LogP contribution in [0.2, 0.25) is 0 Å². The fourth-order valence-electron chi connectivity index (χ4n) is 3.01. The quantitative estimate of drug-likeness (QED) is 0.773. The van der Waals surface area contributed by atoms with Gasteiger partial charge in [0, 0.05) is 19.1 Å². The Bertz CT molecular complexity index is 189. The highest BCUT2D eigenvalue weighted by Gasteiger charge is 2.35. The molecule has 2 nitrogen and oxygen atoms in total. The molecule has 0 aromatic heterocycles. The number of nitrogens with two attached hydrogens (primary N) is 1. The average molecular weight is 210 g/mol. The summed E-state index contributed by atoms with van der Waals surface area (Å²) in [4.78, 5) is 2.71.